The summed E-state index contributed by atoms with van der Waals surface area (Å²) >= 11 is 3.34. The molecule has 1 aromatic carbocycles. The molecule has 0 saturated carbocycles. The first-order chi connectivity index (χ1) is 9.56. The Morgan fingerprint density at radius 3 is 2.65 bits per heavy atom. The second-order valence-corrected chi connectivity index (χ2v) is 5.86. The van der Waals surface area contributed by atoms with Gasteiger partial charge in [-0.2, -0.15) is 0 Å². The molecule has 1 atom stereocenters. The lowest BCUT2D eigenvalue weighted by Crippen LogP contribution is -2.50. The first-order valence-corrected chi connectivity index (χ1v) is 7.44. The fourth-order valence-electron chi connectivity index (χ4n) is 2.42. The quantitative estimate of drug-likeness (QED) is 0.877. The van der Waals surface area contributed by atoms with Crippen LogP contribution in [0.4, 0.5) is 5.69 Å². The van der Waals surface area contributed by atoms with Crippen LogP contribution in [-0.2, 0) is 9.59 Å². The summed E-state index contributed by atoms with van der Waals surface area (Å²) in [4.78, 5) is 25.3. The molecule has 1 heterocycles. The molecule has 0 spiro atoms. The Morgan fingerprint density at radius 2 is 2.00 bits per heavy atom. The average Bonchev–Trinajstić information content (AvgIpc) is 2.41. The maximum Gasteiger partial charge on any atom is 0.238 e. The molecule has 1 fully saturated rings. The third-order valence-corrected chi connectivity index (χ3v) is 3.95. The van der Waals surface area contributed by atoms with Crippen molar-refractivity contribution < 1.29 is 9.59 Å². The highest BCUT2D eigenvalue weighted by atomic mass is 79.9. The molecule has 2 amide bonds. The van der Waals surface area contributed by atoms with Gasteiger partial charge in [-0.3, -0.25) is 14.5 Å². The molecule has 0 radical (unpaired) electrons. The molecule has 108 valence electrons. The van der Waals surface area contributed by atoms with Gasteiger partial charge in [0.25, 0.3) is 0 Å². The number of carbonyl (C=O) groups is 2. The Hall–Kier alpha value is -1.40. The van der Waals surface area contributed by atoms with Crippen LogP contribution >= 0.6 is 15.9 Å². The molecule has 0 aliphatic carbocycles. The summed E-state index contributed by atoms with van der Waals surface area (Å²) in [6.45, 7) is 0.936. The van der Waals surface area contributed by atoms with Crippen LogP contribution in [0.25, 0.3) is 0 Å². The maximum atomic E-state index is 12.0. The van der Waals surface area contributed by atoms with Gasteiger partial charge in [0.15, 0.2) is 0 Å². The Kier molecular flexibility index (Phi) is 5.14. The van der Waals surface area contributed by atoms with Crippen LogP contribution in [0.3, 0.4) is 0 Å². The summed E-state index contributed by atoms with van der Waals surface area (Å²) in [6.07, 6.45) is 2.72. The van der Waals surface area contributed by atoms with E-state index in [-0.39, 0.29) is 24.4 Å². The van der Waals surface area contributed by atoms with Crippen molar-refractivity contribution in [3.05, 3.63) is 28.7 Å². The molecule has 1 aromatic rings. The highest BCUT2D eigenvalue weighted by Crippen LogP contribution is 2.17. The van der Waals surface area contributed by atoms with Gasteiger partial charge in [0.1, 0.15) is 0 Å². The molecule has 20 heavy (non-hydrogen) atoms. The largest absolute Gasteiger partial charge is 0.368 e. The number of benzene rings is 1. The number of hydrogen-bond acceptors (Lipinski definition) is 3. The number of piperidine rings is 1. The van der Waals surface area contributed by atoms with Crippen LogP contribution in [0.1, 0.15) is 19.3 Å². The minimum absolute atomic E-state index is 0.125. The lowest BCUT2D eigenvalue weighted by Gasteiger charge is -2.32. The summed E-state index contributed by atoms with van der Waals surface area (Å²) in [5.74, 6) is -0.471. The van der Waals surface area contributed by atoms with Gasteiger partial charge < -0.3 is 11.1 Å². The minimum Gasteiger partial charge on any atom is -0.368 e. The standard InChI is InChI=1S/C14H18BrN3O2/c15-10-4-6-11(7-5-10)17-13(19)9-18-8-2-1-3-12(18)14(16)20/h4-7,12H,1-3,8-9H2,(H2,16,20)(H,17,19)/t12-/m1/s1. The number of carbonyl (C=O) groups excluding carboxylic acids is 2. The number of rotatable bonds is 4. The van der Waals surface area contributed by atoms with Crippen molar-refractivity contribution in [1.82, 2.24) is 4.90 Å². The Labute approximate surface area is 126 Å². The molecule has 5 nitrogen and oxygen atoms in total. The number of hydrogen-bond donors (Lipinski definition) is 2. The lowest BCUT2D eigenvalue weighted by atomic mass is 10.0. The predicted octanol–water partition coefficient (Wildman–Crippen LogP) is 1.73. The molecule has 1 aliphatic heterocycles. The molecule has 2 rings (SSSR count). The molecular formula is C14H18BrN3O2. The molecule has 3 N–H and O–H groups in total. The van der Waals surface area contributed by atoms with E-state index in [0.29, 0.717) is 0 Å². The number of nitrogens with zero attached hydrogens (tertiary/aromatic N) is 1. The zero-order valence-electron chi connectivity index (χ0n) is 11.1. The molecule has 0 bridgehead atoms. The van der Waals surface area contributed by atoms with Crippen LogP contribution in [0, 0.1) is 0 Å². The first-order valence-electron chi connectivity index (χ1n) is 6.65. The summed E-state index contributed by atoms with van der Waals surface area (Å²) < 4.78 is 0.959. The minimum atomic E-state index is -0.346. The van der Waals surface area contributed by atoms with Crippen molar-refractivity contribution in [2.75, 3.05) is 18.4 Å². The smallest absolute Gasteiger partial charge is 0.238 e. The molecule has 0 unspecified atom stereocenters. The summed E-state index contributed by atoms with van der Waals surface area (Å²) in [7, 11) is 0. The number of likely N-dealkylation sites (tertiary alicyclic amines) is 1. The van der Waals surface area contributed by atoms with Crippen LogP contribution in [0.2, 0.25) is 0 Å². The fraction of sp³-hybridized carbons (Fsp3) is 0.429. The Bertz CT molecular complexity index is 490. The van der Waals surface area contributed by atoms with Gasteiger partial charge in [0, 0.05) is 10.2 Å². The highest BCUT2D eigenvalue weighted by molar-refractivity contribution is 9.10. The zero-order valence-corrected chi connectivity index (χ0v) is 12.7. The molecular weight excluding hydrogens is 322 g/mol. The molecule has 1 aliphatic rings. The van der Waals surface area contributed by atoms with E-state index >= 15 is 0 Å². The monoisotopic (exact) mass is 339 g/mol. The van der Waals surface area contributed by atoms with Gasteiger partial charge in [-0.15, -0.1) is 0 Å². The van der Waals surface area contributed by atoms with Gasteiger partial charge in [0.05, 0.1) is 12.6 Å². The number of primary amides is 1. The van der Waals surface area contributed by atoms with Crippen molar-refractivity contribution >= 4 is 33.4 Å². The third kappa shape index (κ3) is 4.05. The van der Waals surface area contributed by atoms with E-state index in [1.807, 2.05) is 29.2 Å². The van der Waals surface area contributed by atoms with Crippen molar-refractivity contribution in [2.24, 2.45) is 5.73 Å². The van der Waals surface area contributed by atoms with Crippen molar-refractivity contribution in [3.8, 4) is 0 Å². The molecule has 0 aromatic heterocycles. The van der Waals surface area contributed by atoms with Crippen LogP contribution in [0.15, 0.2) is 28.7 Å². The van der Waals surface area contributed by atoms with Crippen molar-refractivity contribution in [2.45, 2.75) is 25.3 Å². The van der Waals surface area contributed by atoms with E-state index in [1.54, 1.807) is 0 Å². The Balaban J connectivity index is 1.92. The van der Waals surface area contributed by atoms with E-state index in [0.717, 1.165) is 36.0 Å². The van der Waals surface area contributed by atoms with Crippen LogP contribution in [-0.4, -0.2) is 35.8 Å². The van der Waals surface area contributed by atoms with Gasteiger partial charge >= 0.3 is 0 Å². The number of nitrogens with one attached hydrogen (secondary N) is 1. The number of nitrogens with two attached hydrogens (primary N) is 1. The van der Waals surface area contributed by atoms with E-state index in [9.17, 15) is 9.59 Å². The van der Waals surface area contributed by atoms with Crippen molar-refractivity contribution in [1.29, 1.82) is 0 Å². The van der Waals surface area contributed by atoms with Gasteiger partial charge in [-0.1, -0.05) is 22.4 Å². The Morgan fingerprint density at radius 1 is 1.30 bits per heavy atom. The van der Waals surface area contributed by atoms with Crippen LogP contribution in [0.5, 0.6) is 0 Å². The van der Waals surface area contributed by atoms with Gasteiger partial charge in [-0.25, -0.2) is 0 Å². The molecule has 6 heteroatoms. The second kappa shape index (κ2) is 6.85. The zero-order chi connectivity index (χ0) is 14.5. The highest BCUT2D eigenvalue weighted by Gasteiger charge is 2.28. The average molecular weight is 340 g/mol. The maximum absolute atomic E-state index is 12.0. The number of anilines is 1. The SMILES string of the molecule is NC(=O)[C@H]1CCCCN1CC(=O)Nc1ccc(Br)cc1. The van der Waals surface area contributed by atoms with E-state index in [2.05, 4.69) is 21.2 Å². The molecule has 1 saturated heterocycles. The summed E-state index contributed by atoms with van der Waals surface area (Å²) in [5, 5.41) is 2.82. The van der Waals surface area contributed by atoms with E-state index in [4.69, 9.17) is 5.73 Å². The third-order valence-electron chi connectivity index (χ3n) is 3.42. The predicted molar refractivity (Wildman–Crippen MR) is 81.2 cm³/mol. The fourth-order valence-corrected chi connectivity index (χ4v) is 2.68. The van der Waals surface area contributed by atoms with Gasteiger partial charge in [0.2, 0.25) is 11.8 Å². The summed E-state index contributed by atoms with van der Waals surface area (Å²) in [6, 6.07) is 7.05. The normalized spacial score (nSPS) is 19.6. The number of halogens is 1. The number of amides is 2. The first kappa shape index (κ1) is 15.0. The van der Waals surface area contributed by atoms with E-state index in [1.165, 1.54) is 0 Å². The summed E-state index contributed by atoms with van der Waals surface area (Å²) in [5.41, 5.74) is 6.13. The lowest BCUT2D eigenvalue weighted by molar-refractivity contribution is -0.126. The topological polar surface area (TPSA) is 75.4 Å². The van der Waals surface area contributed by atoms with Gasteiger partial charge in [-0.05, 0) is 43.7 Å². The second-order valence-electron chi connectivity index (χ2n) is 4.94. The van der Waals surface area contributed by atoms with Crippen molar-refractivity contribution in [3.63, 3.8) is 0 Å². The van der Waals surface area contributed by atoms with Crippen LogP contribution < -0.4 is 11.1 Å². The van der Waals surface area contributed by atoms with E-state index < -0.39 is 0 Å².